The van der Waals surface area contributed by atoms with Crippen molar-refractivity contribution in [2.75, 3.05) is 0 Å². The monoisotopic (exact) mass is 789 g/mol. The Morgan fingerprint density at radius 3 is 1.63 bits per heavy atom. The van der Waals surface area contributed by atoms with E-state index in [9.17, 15) is 0 Å². The topological polar surface area (TPSA) is 61.7 Å². The van der Waals surface area contributed by atoms with Gasteiger partial charge >= 0.3 is 0 Å². The Morgan fingerprint density at radius 2 is 0.952 bits per heavy atom. The molecule has 0 bridgehead atoms. The first-order valence-electron chi connectivity index (χ1n) is 21.2. The minimum atomic E-state index is 0.571. The van der Waals surface area contributed by atoms with Crippen molar-refractivity contribution < 1.29 is 4.42 Å². The average molecular weight is 789 g/mol. The van der Waals surface area contributed by atoms with E-state index < -0.39 is 0 Å². The summed E-state index contributed by atoms with van der Waals surface area (Å²) in [5.74, 6) is 1.81. The number of para-hydroxylation sites is 4. The molecule has 0 saturated carbocycles. The number of furan rings is 1. The second-order valence-corrected chi connectivity index (χ2v) is 16.5. The van der Waals surface area contributed by atoms with E-state index in [0.717, 1.165) is 77.2 Å². The molecular weight excluding hydrogens is 753 g/mol. The molecule has 0 spiro atoms. The maximum Gasteiger partial charge on any atom is 0.238 e. The molecule has 0 atom stereocenters. The molecule has 0 aliphatic carbocycles. The number of nitrogens with zero attached hydrogens (tertiary/aromatic N) is 5. The van der Waals surface area contributed by atoms with Crippen molar-refractivity contribution in [1.29, 1.82) is 0 Å². The van der Waals surface area contributed by atoms with Gasteiger partial charge in [-0.2, -0.15) is 9.97 Å². The van der Waals surface area contributed by atoms with E-state index in [1.807, 2.05) is 6.07 Å². The number of hydrogen-bond acceptors (Lipinski definition) is 4. The van der Waals surface area contributed by atoms with Crippen LogP contribution in [0.4, 0.5) is 0 Å². The molecule has 0 aliphatic heterocycles. The molecule has 0 fully saturated rings. The molecule has 286 valence electrons. The maximum atomic E-state index is 7.00. The lowest BCUT2D eigenvalue weighted by Crippen LogP contribution is -2.55. The van der Waals surface area contributed by atoms with E-state index in [1.165, 1.54) is 43.6 Å². The molecule has 0 unspecified atom stereocenters. The van der Waals surface area contributed by atoms with Gasteiger partial charge in [0.1, 0.15) is 44.8 Å². The summed E-state index contributed by atoms with van der Waals surface area (Å²) in [4.78, 5) is 16.2. The fourth-order valence-electron chi connectivity index (χ4n) is 9.91. The van der Waals surface area contributed by atoms with Crippen molar-refractivity contribution in [2.45, 2.75) is 0 Å². The van der Waals surface area contributed by atoms with E-state index in [0.29, 0.717) is 17.6 Å². The lowest BCUT2D eigenvalue weighted by atomic mass is 9.60. The predicted octanol–water partition coefficient (Wildman–Crippen LogP) is 4.26. The number of fused-ring (bicyclic) bond motifs is 9. The molecule has 4 aromatic heterocycles. The first kappa shape index (κ1) is 36.4. The van der Waals surface area contributed by atoms with Crippen LogP contribution in [-0.2, 0) is 0 Å². The zero-order valence-corrected chi connectivity index (χ0v) is 35.2. The SMILES string of the molecule is Bc1c(B)c(B)c(-c2nc(-c3cccc4oc5c(-n6c7ccccc7c7ccc(-c8ccccc8)cc76)cccc5c34)nc(-n3c4ccccc4c4ccccc43)n2)c(B)c1B. The van der Waals surface area contributed by atoms with Gasteiger partial charge in [-0.25, -0.2) is 4.98 Å². The summed E-state index contributed by atoms with van der Waals surface area (Å²) in [6.45, 7) is 0. The van der Waals surface area contributed by atoms with Crippen LogP contribution in [0.15, 0.2) is 162 Å². The van der Waals surface area contributed by atoms with E-state index in [1.54, 1.807) is 0 Å². The Hall–Kier alpha value is -7.51. The first-order chi connectivity index (χ1) is 30.4. The normalized spacial score (nSPS) is 11.9. The fourth-order valence-corrected chi connectivity index (χ4v) is 9.91. The predicted molar refractivity (Wildman–Crippen MR) is 273 cm³/mol. The number of rotatable bonds is 5. The van der Waals surface area contributed by atoms with Crippen LogP contribution in [0.2, 0.25) is 0 Å². The van der Waals surface area contributed by atoms with E-state index in [2.05, 4.69) is 200 Å². The van der Waals surface area contributed by atoms with Crippen LogP contribution in [0.3, 0.4) is 0 Å². The fraction of sp³-hybridized carbons (Fsp3) is 0. The van der Waals surface area contributed by atoms with Crippen LogP contribution in [0.25, 0.3) is 111 Å². The highest BCUT2D eigenvalue weighted by Crippen LogP contribution is 2.42. The van der Waals surface area contributed by atoms with Gasteiger partial charge in [-0.3, -0.25) is 4.57 Å². The first-order valence-corrected chi connectivity index (χ1v) is 21.2. The van der Waals surface area contributed by atoms with Crippen molar-refractivity contribution in [3.8, 4) is 45.5 Å². The minimum absolute atomic E-state index is 0.571. The van der Waals surface area contributed by atoms with Crippen LogP contribution < -0.4 is 27.3 Å². The molecular formula is C51H36B5N5O. The smallest absolute Gasteiger partial charge is 0.238 e. The Balaban J connectivity index is 1.14. The summed E-state index contributed by atoms with van der Waals surface area (Å²) < 4.78 is 11.5. The second kappa shape index (κ2) is 13.8. The van der Waals surface area contributed by atoms with Crippen molar-refractivity contribution in [2.24, 2.45) is 0 Å². The molecule has 0 saturated heterocycles. The van der Waals surface area contributed by atoms with Crippen molar-refractivity contribution in [1.82, 2.24) is 24.1 Å². The number of hydrogen-bond donors (Lipinski definition) is 0. The summed E-state index contributed by atoms with van der Waals surface area (Å²) in [5, 5.41) is 6.64. The number of aromatic nitrogens is 5. The molecule has 11 heteroatoms. The molecule has 0 N–H and O–H groups in total. The summed E-state index contributed by atoms with van der Waals surface area (Å²) in [7, 11) is 11.0. The van der Waals surface area contributed by atoms with Gasteiger partial charge in [-0.15, -0.1) is 16.4 Å². The van der Waals surface area contributed by atoms with Crippen LogP contribution in [0, 0.1) is 0 Å². The van der Waals surface area contributed by atoms with Crippen molar-refractivity contribution in [3.63, 3.8) is 0 Å². The highest BCUT2D eigenvalue weighted by Gasteiger charge is 2.24. The highest BCUT2D eigenvalue weighted by atomic mass is 16.3. The van der Waals surface area contributed by atoms with Crippen LogP contribution in [0.1, 0.15) is 0 Å². The number of benzene rings is 8. The summed E-state index contributed by atoms with van der Waals surface area (Å²) in [6, 6.07) is 55.7. The highest BCUT2D eigenvalue weighted by molar-refractivity contribution is 6.68. The molecule has 6 nitrogen and oxygen atoms in total. The van der Waals surface area contributed by atoms with Gasteiger partial charge in [0.2, 0.25) is 5.95 Å². The van der Waals surface area contributed by atoms with Gasteiger partial charge in [-0.1, -0.05) is 132 Å². The van der Waals surface area contributed by atoms with Crippen molar-refractivity contribution >= 4 is 132 Å². The zero-order valence-electron chi connectivity index (χ0n) is 35.2. The molecule has 62 heavy (non-hydrogen) atoms. The van der Waals surface area contributed by atoms with Crippen molar-refractivity contribution in [3.05, 3.63) is 158 Å². The molecule has 12 rings (SSSR count). The average Bonchev–Trinajstić information content (AvgIpc) is 3.98. The summed E-state index contributed by atoms with van der Waals surface area (Å²) in [5.41, 5.74) is 17.3. The van der Waals surface area contributed by atoms with Crippen LogP contribution >= 0.6 is 0 Å². The summed E-state index contributed by atoms with van der Waals surface area (Å²) >= 11 is 0. The second-order valence-electron chi connectivity index (χ2n) is 16.5. The van der Waals surface area contributed by atoms with Crippen LogP contribution in [-0.4, -0.2) is 63.3 Å². The van der Waals surface area contributed by atoms with Gasteiger partial charge in [0.15, 0.2) is 17.2 Å². The Morgan fingerprint density at radius 1 is 0.403 bits per heavy atom. The van der Waals surface area contributed by atoms with E-state index in [4.69, 9.17) is 19.4 Å². The van der Waals surface area contributed by atoms with E-state index in [-0.39, 0.29) is 0 Å². The Labute approximate surface area is 362 Å². The quantitative estimate of drug-likeness (QED) is 0.245. The van der Waals surface area contributed by atoms with Gasteiger partial charge in [0, 0.05) is 43.4 Å². The minimum Gasteiger partial charge on any atom is -0.454 e. The van der Waals surface area contributed by atoms with E-state index >= 15 is 0 Å². The third-order valence-electron chi connectivity index (χ3n) is 13.4. The molecule has 12 aromatic rings. The zero-order chi connectivity index (χ0) is 41.8. The van der Waals surface area contributed by atoms with Gasteiger partial charge in [0.25, 0.3) is 0 Å². The molecule has 4 heterocycles. The third-order valence-corrected chi connectivity index (χ3v) is 13.4. The van der Waals surface area contributed by atoms with Gasteiger partial charge in [-0.05, 0) is 47.5 Å². The molecule has 0 radical (unpaired) electrons. The molecule has 0 aliphatic rings. The Kier molecular flexibility index (Phi) is 8.07. The molecule has 8 aromatic carbocycles. The largest absolute Gasteiger partial charge is 0.454 e. The van der Waals surface area contributed by atoms with Gasteiger partial charge in [0.05, 0.1) is 27.8 Å². The van der Waals surface area contributed by atoms with Gasteiger partial charge < -0.3 is 8.98 Å². The third kappa shape index (κ3) is 5.27. The van der Waals surface area contributed by atoms with Crippen LogP contribution in [0.5, 0.6) is 0 Å². The summed E-state index contributed by atoms with van der Waals surface area (Å²) in [6.07, 6.45) is 0. The lowest BCUT2D eigenvalue weighted by molar-refractivity contribution is 0.666. The standard InChI is InChI=1S/C51H36B5N5O/c52-43-42(44(53)46(55)47(56)45(43)54)50-57-49(58-51(59-50)61-36-20-8-5-14-29(36)30-15-6-9-21-37(30)61)34-18-11-23-40-41(34)33-17-10-22-38(48(33)62-40)60-35-19-7-4-16-31(35)32-25-24-28(26-39(32)60)27-12-2-1-3-13-27/h1-26H,52-56H2. The lowest BCUT2D eigenvalue weighted by Gasteiger charge is -2.20. The maximum absolute atomic E-state index is 7.00. The Bertz CT molecular complexity index is 3750. The molecule has 0 amide bonds.